The molecule has 0 atom stereocenters. The van der Waals surface area contributed by atoms with Crippen molar-refractivity contribution in [3.05, 3.63) is 58.0 Å². The SMILES string of the molecule is O=C(O)c1c(-c2ccc(C3CCCCC3)cc2)[nH]n2c(=O)ccnc12. The first-order valence-corrected chi connectivity index (χ1v) is 8.58. The molecule has 128 valence electrons. The number of carboxylic acid groups (broad SMARTS) is 1. The molecule has 0 amide bonds. The van der Waals surface area contributed by atoms with Crippen LogP contribution in [0, 0.1) is 0 Å². The second-order valence-electron chi connectivity index (χ2n) is 6.57. The maximum Gasteiger partial charge on any atom is 0.341 e. The Hall–Kier alpha value is -2.89. The van der Waals surface area contributed by atoms with Crippen LogP contribution in [0.2, 0.25) is 0 Å². The van der Waals surface area contributed by atoms with Gasteiger partial charge in [-0.25, -0.2) is 14.3 Å². The number of H-pyrrole nitrogens is 1. The summed E-state index contributed by atoms with van der Waals surface area (Å²) in [6, 6.07) is 9.28. The molecular formula is C19H19N3O3. The molecule has 1 aliphatic rings. The number of rotatable bonds is 3. The summed E-state index contributed by atoms with van der Waals surface area (Å²) in [5, 5.41) is 12.5. The van der Waals surface area contributed by atoms with Gasteiger partial charge in [0.1, 0.15) is 5.56 Å². The molecule has 0 spiro atoms. The summed E-state index contributed by atoms with van der Waals surface area (Å²) in [5.74, 6) is -0.517. The lowest BCUT2D eigenvalue weighted by atomic mass is 9.84. The van der Waals surface area contributed by atoms with Gasteiger partial charge in [0.2, 0.25) is 0 Å². The fraction of sp³-hybridized carbons (Fsp3) is 0.316. The zero-order valence-corrected chi connectivity index (χ0v) is 13.7. The lowest BCUT2D eigenvalue weighted by Crippen LogP contribution is -2.13. The van der Waals surface area contributed by atoms with Crippen molar-refractivity contribution in [3.8, 4) is 11.3 Å². The molecule has 6 nitrogen and oxygen atoms in total. The fourth-order valence-electron chi connectivity index (χ4n) is 3.74. The van der Waals surface area contributed by atoms with Crippen molar-refractivity contribution in [2.45, 2.75) is 38.0 Å². The van der Waals surface area contributed by atoms with Crippen LogP contribution in [0.5, 0.6) is 0 Å². The Morgan fingerprint density at radius 2 is 1.84 bits per heavy atom. The average molecular weight is 337 g/mol. The van der Waals surface area contributed by atoms with Crippen molar-refractivity contribution in [3.63, 3.8) is 0 Å². The predicted octanol–water partition coefficient (Wildman–Crippen LogP) is 3.44. The zero-order valence-electron chi connectivity index (χ0n) is 13.7. The van der Waals surface area contributed by atoms with Crippen molar-refractivity contribution >= 4 is 11.6 Å². The van der Waals surface area contributed by atoms with Gasteiger partial charge in [-0.05, 0) is 24.3 Å². The topological polar surface area (TPSA) is 87.5 Å². The molecule has 2 N–H and O–H groups in total. The van der Waals surface area contributed by atoms with E-state index >= 15 is 0 Å². The summed E-state index contributed by atoms with van der Waals surface area (Å²) < 4.78 is 1.17. The predicted molar refractivity (Wildman–Crippen MR) is 94.0 cm³/mol. The van der Waals surface area contributed by atoms with Crippen LogP contribution in [0.3, 0.4) is 0 Å². The highest BCUT2D eigenvalue weighted by Gasteiger charge is 2.22. The molecule has 0 saturated heterocycles. The number of aromatic carboxylic acids is 1. The molecule has 4 rings (SSSR count). The number of hydrogen-bond donors (Lipinski definition) is 2. The van der Waals surface area contributed by atoms with E-state index in [4.69, 9.17) is 0 Å². The van der Waals surface area contributed by atoms with Gasteiger partial charge in [0.25, 0.3) is 5.56 Å². The fourth-order valence-corrected chi connectivity index (χ4v) is 3.74. The number of fused-ring (bicyclic) bond motifs is 1. The van der Waals surface area contributed by atoms with Gasteiger partial charge in [-0.15, -0.1) is 0 Å². The number of hydrogen-bond acceptors (Lipinski definition) is 3. The quantitative estimate of drug-likeness (QED) is 0.766. The van der Waals surface area contributed by atoms with Crippen LogP contribution in [-0.2, 0) is 0 Å². The second-order valence-corrected chi connectivity index (χ2v) is 6.57. The van der Waals surface area contributed by atoms with E-state index in [-0.39, 0.29) is 16.8 Å². The van der Waals surface area contributed by atoms with E-state index in [2.05, 4.69) is 22.2 Å². The number of carboxylic acids is 1. The molecule has 1 aromatic carbocycles. The van der Waals surface area contributed by atoms with Gasteiger partial charge >= 0.3 is 5.97 Å². The molecule has 0 bridgehead atoms. The Morgan fingerprint density at radius 1 is 1.12 bits per heavy atom. The molecule has 25 heavy (non-hydrogen) atoms. The minimum atomic E-state index is -1.11. The Balaban J connectivity index is 1.79. The van der Waals surface area contributed by atoms with Crippen LogP contribution >= 0.6 is 0 Å². The summed E-state index contributed by atoms with van der Waals surface area (Å²) in [6.45, 7) is 0. The summed E-state index contributed by atoms with van der Waals surface area (Å²) in [4.78, 5) is 27.7. The van der Waals surface area contributed by atoms with Gasteiger partial charge in [0, 0.05) is 17.8 Å². The van der Waals surface area contributed by atoms with Crippen molar-refractivity contribution in [1.82, 2.24) is 14.6 Å². The van der Waals surface area contributed by atoms with Gasteiger partial charge in [0.05, 0.1) is 5.69 Å². The first kappa shape index (κ1) is 15.6. The van der Waals surface area contributed by atoms with E-state index in [9.17, 15) is 14.7 Å². The lowest BCUT2D eigenvalue weighted by molar-refractivity contribution is 0.0699. The molecule has 0 unspecified atom stereocenters. The largest absolute Gasteiger partial charge is 0.477 e. The first-order valence-electron chi connectivity index (χ1n) is 8.58. The monoisotopic (exact) mass is 337 g/mol. The van der Waals surface area contributed by atoms with Crippen LogP contribution in [0.25, 0.3) is 16.9 Å². The van der Waals surface area contributed by atoms with Gasteiger partial charge in [-0.3, -0.25) is 9.89 Å². The molecule has 1 aliphatic carbocycles. The minimum absolute atomic E-state index is 0.0168. The number of aromatic amines is 1. The Labute approximate surface area is 144 Å². The molecule has 2 aromatic heterocycles. The van der Waals surface area contributed by atoms with Gasteiger partial charge in [0.15, 0.2) is 5.65 Å². The molecule has 2 heterocycles. The molecule has 1 fully saturated rings. The third-order valence-electron chi connectivity index (χ3n) is 5.03. The Morgan fingerprint density at radius 3 is 2.52 bits per heavy atom. The molecular weight excluding hydrogens is 318 g/mol. The highest BCUT2D eigenvalue weighted by molar-refractivity contribution is 6.01. The average Bonchev–Trinajstić information content (AvgIpc) is 3.04. The summed E-state index contributed by atoms with van der Waals surface area (Å²) in [7, 11) is 0. The number of carbonyl (C=O) groups is 1. The Bertz CT molecular complexity index is 979. The third-order valence-corrected chi connectivity index (χ3v) is 5.03. The number of benzene rings is 1. The first-order chi connectivity index (χ1) is 12.1. The van der Waals surface area contributed by atoms with Gasteiger partial charge < -0.3 is 5.11 Å². The Kier molecular flexibility index (Phi) is 3.87. The van der Waals surface area contributed by atoms with Crippen LogP contribution in [0.15, 0.2) is 41.3 Å². The van der Waals surface area contributed by atoms with E-state index in [1.54, 1.807) is 0 Å². The van der Waals surface area contributed by atoms with E-state index in [1.165, 1.54) is 54.4 Å². The van der Waals surface area contributed by atoms with Gasteiger partial charge in [-0.1, -0.05) is 43.5 Å². The molecule has 0 radical (unpaired) electrons. The van der Waals surface area contributed by atoms with Crippen molar-refractivity contribution in [2.24, 2.45) is 0 Å². The lowest BCUT2D eigenvalue weighted by Gasteiger charge is -2.22. The minimum Gasteiger partial charge on any atom is -0.477 e. The van der Waals surface area contributed by atoms with Crippen molar-refractivity contribution < 1.29 is 9.90 Å². The van der Waals surface area contributed by atoms with Crippen LogP contribution in [-0.4, -0.2) is 25.7 Å². The second kappa shape index (κ2) is 6.20. The van der Waals surface area contributed by atoms with Crippen molar-refractivity contribution in [2.75, 3.05) is 0 Å². The molecule has 6 heteroatoms. The molecule has 1 saturated carbocycles. The summed E-state index contributed by atoms with van der Waals surface area (Å²) in [6.07, 6.45) is 7.61. The van der Waals surface area contributed by atoms with Crippen LogP contribution in [0.1, 0.15) is 53.9 Å². The van der Waals surface area contributed by atoms with E-state index in [0.29, 0.717) is 11.6 Å². The zero-order chi connectivity index (χ0) is 17.4. The number of nitrogens with zero attached hydrogens (tertiary/aromatic N) is 2. The van der Waals surface area contributed by atoms with Crippen LogP contribution in [0.4, 0.5) is 0 Å². The maximum absolute atomic E-state index is 12.0. The van der Waals surface area contributed by atoms with E-state index < -0.39 is 5.97 Å². The highest BCUT2D eigenvalue weighted by atomic mass is 16.4. The highest BCUT2D eigenvalue weighted by Crippen LogP contribution is 2.34. The summed E-state index contributed by atoms with van der Waals surface area (Å²) in [5.41, 5.74) is 2.25. The van der Waals surface area contributed by atoms with Crippen molar-refractivity contribution in [1.29, 1.82) is 0 Å². The normalized spacial score (nSPS) is 15.5. The van der Waals surface area contributed by atoms with E-state index in [1.807, 2.05) is 12.1 Å². The third kappa shape index (κ3) is 2.73. The summed E-state index contributed by atoms with van der Waals surface area (Å²) >= 11 is 0. The molecule has 3 aromatic rings. The van der Waals surface area contributed by atoms with Crippen LogP contribution < -0.4 is 5.56 Å². The van der Waals surface area contributed by atoms with E-state index in [0.717, 1.165) is 5.56 Å². The number of aromatic nitrogens is 3. The maximum atomic E-state index is 12.0. The molecule has 0 aliphatic heterocycles. The number of nitrogens with one attached hydrogen (secondary N) is 1. The standard InChI is InChI=1S/C19H19N3O3/c23-15-10-11-20-18-16(19(24)25)17(21-22(15)18)14-8-6-13(7-9-14)12-4-2-1-3-5-12/h6-12,21H,1-5H2,(H,24,25). The van der Waals surface area contributed by atoms with Gasteiger partial charge in [-0.2, -0.15) is 0 Å². The smallest absolute Gasteiger partial charge is 0.341 e.